The Kier molecular flexibility index (Phi) is 6.64. The lowest BCUT2D eigenvalue weighted by Crippen LogP contribution is -2.44. The molecule has 1 aromatic carbocycles. The Labute approximate surface area is 183 Å². The Hall–Kier alpha value is -2.05. The van der Waals surface area contributed by atoms with Gasteiger partial charge < -0.3 is 14.6 Å². The van der Waals surface area contributed by atoms with Gasteiger partial charge in [-0.25, -0.2) is 4.98 Å². The third kappa shape index (κ3) is 4.49. The summed E-state index contributed by atoms with van der Waals surface area (Å²) in [5, 5.41) is 0.590. The Morgan fingerprint density at radius 1 is 1.30 bits per heavy atom. The van der Waals surface area contributed by atoms with Crippen LogP contribution in [0.5, 0.6) is 5.75 Å². The molecule has 0 spiro atoms. The average molecular weight is 431 g/mol. The van der Waals surface area contributed by atoms with Gasteiger partial charge in [-0.15, -0.1) is 0 Å². The van der Waals surface area contributed by atoms with Crippen LogP contribution in [0.2, 0.25) is 5.15 Å². The maximum absolute atomic E-state index is 13.0. The fourth-order valence-corrected chi connectivity index (χ4v) is 4.97. The topological polar surface area (TPSA) is 61.5 Å². The lowest BCUT2D eigenvalue weighted by Gasteiger charge is -2.36. The minimum Gasteiger partial charge on any atom is -0.497 e. The number of nitrogens with one attached hydrogen (secondary N) is 1. The van der Waals surface area contributed by atoms with Crippen LogP contribution in [-0.4, -0.2) is 58.5 Å². The van der Waals surface area contributed by atoms with Crippen LogP contribution in [0.15, 0.2) is 24.3 Å². The minimum atomic E-state index is 0.105. The van der Waals surface area contributed by atoms with Crippen molar-refractivity contribution in [1.29, 1.82) is 0 Å². The molecule has 0 saturated carbocycles. The van der Waals surface area contributed by atoms with Crippen LogP contribution < -0.4 is 4.74 Å². The molecular weight excluding hydrogens is 400 g/mol. The maximum atomic E-state index is 13.0. The molecule has 0 unspecified atom stereocenters. The number of carbonyl (C=O) groups is 1. The summed E-state index contributed by atoms with van der Waals surface area (Å²) in [5.74, 6) is 2.37. The van der Waals surface area contributed by atoms with Crippen molar-refractivity contribution < 1.29 is 9.53 Å². The second kappa shape index (κ2) is 9.40. The van der Waals surface area contributed by atoms with Gasteiger partial charge in [0.1, 0.15) is 11.6 Å². The summed E-state index contributed by atoms with van der Waals surface area (Å²) in [4.78, 5) is 25.5. The third-order valence-corrected chi connectivity index (χ3v) is 6.74. The molecule has 4 rings (SSSR count). The molecule has 0 radical (unpaired) electrons. The third-order valence-electron chi connectivity index (χ3n) is 6.43. The van der Waals surface area contributed by atoms with E-state index in [2.05, 4.69) is 21.8 Å². The van der Waals surface area contributed by atoms with Crippen LogP contribution in [0, 0.1) is 5.92 Å². The Bertz CT molecular complexity index is 867. The van der Waals surface area contributed by atoms with E-state index >= 15 is 0 Å². The number of hydrogen-bond acceptors (Lipinski definition) is 4. The van der Waals surface area contributed by atoms with Crippen LogP contribution >= 0.6 is 11.6 Å². The van der Waals surface area contributed by atoms with Gasteiger partial charge >= 0.3 is 0 Å². The number of halogens is 1. The lowest BCUT2D eigenvalue weighted by molar-refractivity contribution is 0.0774. The normalized spacial score (nSPS) is 21.6. The molecule has 2 atom stereocenters. The van der Waals surface area contributed by atoms with E-state index in [0.29, 0.717) is 17.1 Å². The van der Waals surface area contributed by atoms with Gasteiger partial charge in [0.05, 0.1) is 12.8 Å². The van der Waals surface area contributed by atoms with Crippen LogP contribution in [0.25, 0.3) is 0 Å². The molecule has 1 aromatic heterocycles. The SMILES string of the molecule is CCCCc1nc(Cl)c(CN2CCC[C@@H]3CN(C(=O)c4ccc(OC)cc4)C[C@@H]32)[nH]1. The fourth-order valence-electron chi connectivity index (χ4n) is 4.76. The van der Waals surface area contributed by atoms with E-state index in [4.69, 9.17) is 16.3 Å². The number of piperidine rings is 1. The van der Waals surface area contributed by atoms with Gasteiger partial charge in [0.15, 0.2) is 5.15 Å². The van der Waals surface area contributed by atoms with E-state index in [1.54, 1.807) is 7.11 Å². The quantitative estimate of drug-likeness (QED) is 0.716. The first-order valence-electron chi connectivity index (χ1n) is 11.0. The van der Waals surface area contributed by atoms with E-state index in [0.717, 1.165) is 74.7 Å². The van der Waals surface area contributed by atoms with Gasteiger partial charge in [-0.05, 0) is 56.0 Å². The number of carbonyl (C=O) groups excluding carboxylic acids is 1. The van der Waals surface area contributed by atoms with Gasteiger partial charge in [0.25, 0.3) is 5.91 Å². The predicted molar refractivity (Wildman–Crippen MR) is 118 cm³/mol. The first-order chi connectivity index (χ1) is 14.6. The molecule has 0 aliphatic carbocycles. The Morgan fingerprint density at radius 3 is 2.83 bits per heavy atom. The standard InChI is InChI=1S/C23H31ClN4O2/c1-3-4-7-21-25-19(22(24)26-21)14-27-12-5-6-17-13-28(15-20(17)27)23(29)16-8-10-18(30-2)11-9-16/h8-11,17,20H,3-7,12-15H2,1-2H3,(H,25,26)/t17-,20+/m1/s1. The van der Waals surface area contributed by atoms with Crippen LogP contribution in [-0.2, 0) is 13.0 Å². The first-order valence-corrected chi connectivity index (χ1v) is 11.4. The predicted octanol–water partition coefficient (Wildman–Crippen LogP) is 4.15. The number of fused-ring (bicyclic) bond motifs is 1. The Morgan fingerprint density at radius 2 is 2.10 bits per heavy atom. The van der Waals surface area contributed by atoms with E-state index < -0.39 is 0 Å². The average Bonchev–Trinajstić information content (AvgIpc) is 3.36. The highest BCUT2D eigenvalue weighted by Gasteiger charge is 2.41. The second-order valence-corrected chi connectivity index (χ2v) is 8.79. The van der Waals surface area contributed by atoms with E-state index in [-0.39, 0.29) is 5.91 Å². The first kappa shape index (κ1) is 21.2. The summed E-state index contributed by atoms with van der Waals surface area (Å²) >= 11 is 6.43. The monoisotopic (exact) mass is 430 g/mol. The van der Waals surface area contributed by atoms with E-state index in [1.807, 2.05) is 29.2 Å². The highest BCUT2D eigenvalue weighted by Crippen LogP contribution is 2.33. The molecule has 7 heteroatoms. The van der Waals surface area contributed by atoms with Crippen LogP contribution in [0.1, 0.15) is 54.5 Å². The summed E-state index contributed by atoms with van der Waals surface area (Å²) < 4.78 is 5.20. The molecule has 2 saturated heterocycles. The minimum absolute atomic E-state index is 0.105. The van der Waals surface area contributed by atoms with Gasteiger partial charge in [-0.3, -0.25) is 9.69 Å². The van der Waals surface area contributed by atoms with Gasteiger partial charge in [-0.1, -0.05) is 24.9 Å². The number of unbranched alkanes of at least 4 members (excludes halogenated alkanes) is 1. The van der Waals surface area contributed by atoms with Crippen molar-refractivity contribution in [3.05, 3.63) is 46.5 Å². The van der Waals surface area contributed by atoms with Gasteiger partial charge in [0.2, 0.25) is 0 Å². The number of aromatic nitrogens is 2. The highest BCUT2D eigenvalue weighted by atomic mass is 35.5. The largest absolute Gasteiger partial charge is 0.497 e. The number of nitrogens with zero attached hydrogens (tertiary/aromatic N) is 3. The zero-order valence-electron chi connectivity index (χ0n) is 17.9. The smallest absolute Gasteiger partial charge is 0.253 e. The van der Waals surface area contributed by atoms with Crippen molar-refractivity contribution in [3.8, 4) is 5.75 Å². The highest BCUT2D eigenvalue weighted by molar-refractivity contribution is 6.30. The number of imidazole rings is 1. The molecule has 6 nitrogen and oxygen atoms in total. The number of aromatic amines is 1. The molecule has 1 amide bonds. The molecule has 2 aromatic rings. The van der Waals surface area contributed by atoms with Gasteiger partial charge in [-0.2, -0.15) is 0 Å². The van der Waals surface area contributed by atoms with Crippen molar-refractivity contribution in [2.45, 2.75) is 51.6 Å². The number of aryl methyl sites for hydroxylation is 1. The molecular formula is C23H31ClN4O2. The van der Waals surface area contributed by atoms with Gasteiger partial charge in [0, 0.05) is 37.7 Å². The van der Waals surface area contributed by atoms with Crippen LogP contribution in [0.3, 0.4) is 0 Å². The van der Waals surface area contributed by atoms with Crippen molar-refractivity contribution >= 4 is 17.5 Å². The van der Waals surface area contributed by atoms with Crippen molar-refractivity contribution in [2.75, 3.05) is 26.7 Å². The summed E-state index contributed by atoms with van der Waals surface area (Å²) in [6.07, 6.45) is 5.51. The fraction of sp³-hybridized carbons (Fsp3) is 0.565. The van der Waals surface area contributed by atoms with Crippen molar-refractivity contribution in [2.24, 2.45) is 5.92 Å². The number of methoxy groups -OCH3 is 1. The molecule has 30 heavy (non-hydrogen) atoms. The number of hydrogen-bond donors (Lipinski definition) is 1. The zero-order valence-corrected chi connectivity index (χ0v) is 18.6. The number of amides is 1. The summed E-state index contributed by atoms with van der Waals surface area (Å²) in [6.45, 7) is 5.57. The number of ether oxygens (including phenoxy) is 1. The molecule has 2 aliphatic rings. The number of H-pyrrole nitrogens is 1. The molecule has 162 valence electrons. The molecule has 2 fully saturated rings. The van der Waals surface area contributed by atoms with Crippen molar-refractivity contribution in [1.82, 2.24) is 19.8 Å². The second-order valence-electron chi connectivity index (χ2n) is 8.44. The zero-order chi connectivity index (χ0) is 21.1. The molecule has 2 aliphatic heterocycles. The number of benzene rings is 1. The number of likely N-dealkylation sites (tertiary alicyclic amines) is 2. The molecule has 3 heterocycles. The lowest BCUT2D eigenvalue weighted by atomic mass is 9.92. The Balaban J connectivity index is 1.43. The molecule has 0 bridgehead atoms. The van der Waals surface area contributed by atoms with E-state index in [1.165, 1.54) is 6.42 Å². The molecule has 1 N–H and O–H groups in total. The van der Waals surface area contributed by atoms with E-state index in [9.17, 15) is 4.79 Å². The summed E-state index contributed by atoms with van der Waals surface area (Å²) in [5.41, 5.74) is 1.72. The number of rotatable bonds is 7. The maximum Gasteiger partial charge on any atom is 0.253 e. The summed E-state index contributed by atoms with van der Waals surface area (Å²) in [6, 6.07) is 7.77. The van der Waals surface area contributed by atoms with Crippen molar-refractivity contribution in [3.63, 3.8) is 0 Å². The summed E-state index contributed by atoms with van der Waals surface area (Å²) in [7, 11) is 1.63. The van der Waals surface area contributed by atoms with Crippen LogP contribution in [0.4, 0.5) is 0 Å².